The third-order valence-corrected chi connectivity index (χ3v) is 4.44. The van der Waals surface area contributed by atoms with E-state index >= 15 is 0 Å². The number of nitrogens with one attached hydrogen (secondary N) is 2. The first kappa shape index (κ1) is 22.2. The molecule has 2 N–H and O–H groups in total. The molecule has 2 amide bonds. The van der Waals surface area contributed by atoms with Crippen molar-refractivity contribution >= 4 is 53.4 Å². The highest BCUT2D eigenvalue weighted by Crippen LogP contribution is 2.21. The molecule has 0 saturated carbocycles. The summed E-state index contributed by atoms with van der Waals surface area (Å²) in [6, 6.07) is 14.4. The number of fused-ring (bicyclic) bond motifs is 1. The highest BCUT2D eigenvalue weighted by Gasteiger charge is 2.34. The molecule has 6 nitrogen and oxygen atoms in total. The summed E-state index contributed by atoms with van der Waals surface area (Å²) in [6.45, 7) is 3.87. The van der Waals surface area contributed by atoms with E-state index in [2.05, 4.69) is 15.6 Å². The number of hydrogen-bond donors (Lipinski definition) is 2. The summed E-state index contributed by atoms with van der Waals surface area (Å²) in [6.07, 6.45) is 0. The van der Waals surface area contributed by atoms with Gasteiger partial charge in [-0.15, -0.1) is 24.0 Å². The quantitative estimate of drug-likeness (QED) is 0.270. The van der Waals surface area contributed by atoms with Crippen molar-refractivity contribution in [2.45, 2.75) is 13.5 Å². The van der Waals surface area contributed by atoms with E-state index in [1.165, 1.54) is 4.90 Å². The summed E-state index contributed by atoms with van der Waals surface area (Å²) < 4.78 is 0. The number of nitrogens with zero attached hydrogens (tertiary/aromatic N) is 2. The van der Waals surface area contributed by atoms with Gasteiger partial charge in [0.2, 0.25) is 0 Å². The van der Waals surface area contributed by atoms with Crippen LogP contribution in [0.15, 0.2) is 53.5 Å². The summed E-state index contributed by atoms with van der Waals surface area (Å²) in [5.41, 5.74) is 1.97. The molecule has 1 aliphatic heterocycles. The second-order valence-electron chi connectivity index (χ2n) is 6.06. The van der Waals surface area contributed by atoms with Gasteiger partial charge in [0, 0.05) is 24.7 Å². The standard InChI is InChI=1S/C20H21ClN4O2.HI/c1-2-22-20(24-13-14-7-9-15(21)10-8-14)23-11-12-25-18(26)16-5-3-4-6-17(16)19(25)27;/h3-10H,2,11-13H2,1H3,(H2,22,23,24);1H. The van der Waals surface area contributed by atoms with Gasteiger partial charge in [-0.2, -0.15) is 0 Å². The predicted molar refractivity (Wildman–Crippen MR) is 121 cm³/mol. The Hall–Kier alpha value is -2.13. The van der Waals surface area contributed by atoms with Gasteiger partial charge in [-0.1, -0.05) is 35.9 Å². The lowest BCUT2D eigenvalue weighted by molar-refractivity contribution is 0.0657. The van der Waals surface area contributed by atoms with E-state index in [1.54, 1.807) is 24.3 Å². The molecule has 0 aromatic heterocycles. The van der Waals surface area contributed by atoms with Crippen LogP contribution >= 0.6 is 35.6 Å². The van der Waals surface area contributed by atoms with Gasteiger partial charge in [0.25, 0.3) is 11.8 Å². The van der Waals surface area contributed by atoms with Gasteiger partial charge in [0.15, 0.2) is 5.96 Å². The number of aliphatic imine (C=N–C) groups is 1. The number of imide groups is 1. The summed E-state index contributed by atoms with van der Waals surface area (Å²) in [5, 5.41) is 7.01. The smallest absolute Gasteiger partial charge is 0.261 e. The fourth-order valence-electron chi connectivity index (χ4n) is 2.83. The number of carbonyl (C=O) groups excluding carboxylic acids is 2. The first-order valence-corrected chi connectivity index (χ1v) is 9.19. The van der Waals surface area contributed by atoms with E-state index in [4.69, 9.17) is 11.6 Å². The Balaban J connectivity index is 0.00000280. The maximum atomic E-state index is 12.4. The van der Waals surface area contributed by atoms with Gasteiger partial charge in [-0.25, -0.2) is 4.99 Å². The Morgan fingerprint density at radius 3 is 2.18 bits per heavy atom. The van der Waals surface area contributed by atoms with Crippen molar-refractivity contribution in [2.24, 2.45) is 4.99 Å². The third kappa shape index (κ3) is 5.23. The lowest BCUT2D eigenvalue weighted by Crippen LogP contribution is -2.43. The van der Waals surface area contributed by atoms with Crippen LogP contribution in [0.5, 0.6) is 0 Å². The monoisotopic (exact) mass is 512 g/mol. The molecule has 0 bridgehead atoms. The van der Waals surface area contributed by atoms with Gasteiger partial charge in [-0.3, -0.25) is 14.5 Å². The van der Waals surface area contributed by atoms with Crippen molar-refractivity contribution in [2.75, 3.05) is 19.6 Å². The van der Waals surface area contributed by atoms with Crippen LogP contribution in [0.3, 0.4) is 0 Å². The number of benzene rings is 2. The van der Waals surface area contributed by atoms with Gasteiger partial charge >= 0.3 is 0 Å². The first-order chi connectivity index (χ1) is 13.1. The molecule has 0 fully saturated rings. The van der Waals surface area contributed by atoms with Gasteiger partial charge in [-0.05, 0) is 36.8 Å². The maximum Gasteiger partial charge on any atom is 0.261 e. The van der Waals surface area contributed by atoms with Crippen LogP contribution in [0.1, 0.15) is 33.2 Å². The zero-order valence-electron chi connectivity index (χ0n) is 15.4. The average molecular weight is 513 g/mol. The van der Waals surface area contributed by atoms with Crippen molar-refractivity contribution in [1.29, 1.82) is 0 Å². The molecule has 0 radical (unpaired) electrons. The molecule has 0 atom stereocenters. The van der Waals surface area contributed by atoms with Gasteiger partial charge in [0.1, 0.15) is 0 Å². The molecule has 1 aliphatic rings. The third-order valence-electron chi connectivity index (χ3n) is 4.18. The zero-order valence-corrected chi connectivity index (χ0v) is 18.5. The van der Waals surface area contributed by atoms with E-state index in [-0.39, 0.29) is 42.3 Å². The van der Waals surface area contributed by atoms with E-state index in [0.717, 1.165) is 5.56 Å². The van der Waals surface area contributed by atoms with Gasteiger partial charge < -0.3 is 10.6 Å². The molecular formula is C20H22ClIN4O2. The lowest BCUT2D eigenvalue weighted by atomic mass is 10.1. The van der Waals surface area contributed by atoms with Crippen LogP contribution in [0.4, 0.5) is 0 Å². The Morgan fingerprint density at radius 1 is 1.00 bits per heavy atom. The van der Waals surface area contributed by atoms with Crippen molar-refractivity contribution in [3.8, 4) is 0 Å². The first-order valence-electron chi connectivity index (χ1n) is 8.82. The predicted octanol–water partition coefficient (Wildman–Crippen LogP) is 3.31. The van der Waals surface area contributed by atoms with Crippen LogP contribution in [0.2, 0.25) is 5.02 Å². The lowest BCUT2D eigenvalue weighted by Gasteiger charge is -2.16. The number of hydrogen-bond acceptors (Lipinski definition) is 3. The SMILES string of the molecule is CCNC(=NCc1ccc(Cl)cc1)NCCN1C(=O)c2ccccc2C1=O.I. The topological polar surface area (TPSA) is 73.8 Å². The number of guanidine groups is 1. The van der Waals surface area contributed by atoms with E-state index in [9.17, 15) is 9.59 Å². The number of halogens is 2. The molecule has 28 heavy (non-hydrogen) atoms. The summed E-state index contributed by atoms with van der Waals surface area (Å²) in [4.78, 5) is 30.5. The zero-order chi connectivity index (χ0) is 19.2. The highest BCUT2D eigenvalue weighted by molar-refractivity contribution is 14.0. The molecule has 2 aromatic carbocycles. The Kier molecular flexibility index (Phi) is 8.25. The average Bonchev–Trinajstić information content (AvgIpc) is 2.92. The Morgan fingerprint density at radius 2 is 1.61 bits per heavy atom. The van der Waals surface area contributed by atoms with Crippen LogP contribution < -0.4 is 10.6 Å². The number of carbonyl (C=O) groups is 2. The van der Waals surface area contributed by atoms with Crippen LogP contribution in [0, 0.1) is 0 Å². The molecule has 0 saturated heterocycles. The second-order valence-corrected chi connectivity index (χ2v) is 6.49. The number of amides is 2. The summed E-state index contributed by atoms with van der Waals surface area (Å²) in [7, 11) is 0. The molecule has 8 heteroatoms. The summed E-state index contributed by atoms with van der Waals surface area (Å²) >= 11 is 5.89. The van der Waals surface area contributed by atoms with Crippen LogP contribution in [0.25, 0.3) is 0 Å². The minimum Gasteiger partial charge on any atom is -0.357 e. The molecule has 0 unspecified atom stereocenters. The highest BCUT2D eigenvalue weighted by atomic mass is 127. The Bertz CT molecular complexity index is 836. The molecule has 0 spiro atoms. The fourth-order valence-corrected chi connectivity index (χ4v) is 2.96. The van der Waals surface area contributed by atoms with Crippen molar-refractivity contribution in [3.05, 3.63) is 70.2 Å². The Labute approximate surface area is 186 Å². The largest absolute Gasteiger partial charge is 0.357 e. The molecule has 148 valence electrons. The molecule has 3 rings (SSSR count). The normalized spacial score (nSPS) is 13.2. The van der Waals surface area contributed by atoms with E-state index in [0.29, 0.717) is 41.7 Å². The maximum absolute atomic E-state index is 12.4. The minimum absolute atomic E-state index is 0. The van der Waals surface area contributed by atoms with Crippen molar-refractivity contribution in [3.63, 3.8) is 0 Å². The summed E-state index contributed by atoms with van der Waals surface area (Å²) in [5.74, 6) is 0.130. The van der Waals surface area contributed by atoms with Crippen LogP contribution in [-0.2, 0) is 6.54 Å². The van der Waals surface area contributed by atoms with Gasteiger partial charge in [0.05, 0.1) is 17.7 Å². The van der Waals surface area contributed by atoms with Crippen molar-refractivity contribution < 1.29 is 9.59 Å². The van der Waals surface area contributed by atoms with Crippen molar-refractivity contribution in [1.82, 2.24) is 15.5 Å². The fraction of sp³-hybridized carbons (Fsp3) is 0.250. The van der Waals surface area contributed by atoms with Crippen LogP contribution in [-0.4, -0.2) is 42.3 Å². The number of rotatable bonds is 6. The minimum atomic E-state index is -0.250. The molecular weight excluding hydrogens is 491 g/mol. The van der Waals surface area contributed by atoms with E-state index < -0.39 is 0 Å². The molecule has 2 aromatic rings. The van der Waals surface area contributed by atoms with E-state index in [1.807, 2.05) is 31.2 Å². The molecule has 0 aliphatic carbocycles. The molecule has 1 heterocycles. The second kappa shape index (κ2) is 10.4.